The Bertz CT molecular complexity index is 864. The number of thioether (sulfide) groups is 1. The van der Waals surface area contributed by atoms with Gasteiger partial charge in [-0.3, -0.25) is 10.2 Å². The Morgan fingerprint density at radius 1 is 1.23 bits per heavy atom. The number of sulfonamides is 1. The minimum Gasteiger partial charge on any atom is -0.497 e. The topological polar surface area (TPSA) is 124 Å². The zero-order valence-electron chi connectivity index (χ0n) is 16.8. The molecule has 1 aliphatic carbocycles. The van der Waals surface area contributed by atoms with E-state index in [9.17, 15) is 13.2 Å². The summed E-state index contributed by atoms with van der Waals surface area (Å²) in [7, 11) is -2.03. The van der Waals surface area contributed by atoms with E-state index in [-0.39, 0.29) is 35.5 Å². The number of nitrogens with one attached hydrogen (secondary N) is 3. The maximum atomic E-state index is 12.6. The van der Waals surface area contributed by atoms with Crippen LogP contribution in [0.1, 0.15) is 25.7 Å². The number of hydrogen-bond acceptors (Lipinski definition) is 8. The molecule has 1 aromatic rings. The van der Waals surface area contributed by atoms with Crippen LogP contribution in [0, 0.1) is 11.3 Å². The van der Waals surface area contributed by atoms with Gasteiger partial charge in [0.25, 0.3) is 0 Å². The molecule has 30 heavy (non-hydrogen) atoms. The van der Waals surface area contributed by atoms with Gasteiger partial charge in [0, 0.05) is 17.8 Å². The molecule has 1 heterocycles. The third-order valence-electron chi connectivity index (χ3n) is 5.32. The van der Waals surface area contributed by atoms with Gasteiger partial charge >= 0.3 is 0 Å². The van der Waals surface area contributed by atoms with Crippen molar-refractivity contribution in [2.45, 2.75) is 48.7 Å². The lowest BCUT2D eigenvalue weighted by molar-refractivity contribution is -0.130. The number of carbonyl (C=O) groups excluding carboxylic acids is 1. The van der Waals surface area contributed by atoms with Crippen LogP contribution in [0.4, 0.5) is 0 Å². The molecule has 1 saturated carbocycles. The minimum absolute atomic E-state index is 0.0972. The first-order chi connectivity index (χ1) is 14.4. The smallest absolute Gasteiger partial charge is 0.240 e. The summed E-state index contributed by atoms with van der Waals surface area (Å²) in [6, 6.07) is 8.17. The lowest BCUT2D eigenvalue weighted by atomic mass is 9.92. The maximum Gasteiger partial charge on any atom is 0.240 e. The van der Waals surface area contributed by atoms with E-state index in [2.05, 4.69) is 21.6 Å². The molecule has 164 valence electrons. The van der Waals surface area contributed by atoms with E-state index in [0.29, 0.717) is 30.2 Å². The van der Waals surface area contributed by atoms with Gasteiger partial charge in [-0.1, -0.05) is 0 Å². The van der Waals surface area contributed by atoms with Crippen LogP contribution in [0.3, 0.4) is 0 Å². The number of nitrogens with zero attached hydrogens (tertiary/aromatic N) is 2. The summed E-state index contributed by atoms with van der Waals surface area (Å²) in [5, 5.41) is 9.07. The Hall–Kier alpha value is -1.84. The highest BCUT2D eigenvalue weighted by molar-refractivity contribution is 7.99. The Morgan fingerprint density at radius 3 is 2.53 bits per heavy atom. The van der Waals surface area contributed by atoms with Crippen LogP contribution >= 0.6 is 11.8 Å². The van der Waals surface area contributed by atoms with E-state index < -0.39 is 10.0 Å². The summed E-state index contributed by atoms with van der Waals surface area (Å²) >= 11 is 1.58. The van der Waals surface area contributed by atoms with Gasteiger partial charge in [-0.2, -0.15) is 5.26 Å². The second kappa shape index (κ2) is 10.5. The third-order valence-corrected chi connectivity index (χ3v) is 7.86. The minimum atomic E-state index is -3.57. The Morgan fingerprint density at radius 2 is 1.90 bits per heavy atom. The van der Waals surface area contributed by atoms with Crippen molar-refractivity contribution in [3.05, 3.63) is 24.3 Å². The van der Waals surface area contributed by atoms with E-state index in [4.69, 9.17) is 10.00 Å². The fourth-order valence-electron chi connectivity index (χ4n) is 3.57. The van der Waals surface area contributed by atoms with Crippen LogP contribution in [-0.2, 0) is 14.8 Å². The van der Waals surface area contributed by atoms with Crippen molar-refractivity contribution in [1.82, 2.24) is 20.5 Å². The fourth-order valence-corrected chi connectivity index (χ4v) is 5.97. The molecule has 1 aliphatic heterocycles. The summed E-state index contributed by atoms with van der Waals surface area (Å²) < 4.78 is 33.0. The van der Waals surface area contributed by atoms with Crippen molar-refractivity contribution < 1.29 is 17.9 Å². The SMILES string of the molecule is COc1ccc(S(=O)(=O)NC2CCC(NNCC(=O)N3CSCC3C#N)CC2)cc1. The summed E-state index contributed by atoms with van der Waals surface area (Å²) in [5.74, 6) is 1.72. The average Bonchev–Trinajstić information content (AvgIpc) is 3.24. The number of amides is 1. The number of carbonyl (C=O) groups is 1. The van der Waals surface area contributed by atoms with E-state index >= 15 is 0 Å². The maximum absolute atomic E-state index is 12.6. The average molecular weight is 454 g/mol. The van der Waals surface area contributed by atoms with Crippen molar-refractivity contribution in [3.63, 3.8) is 0 Å². The number of hydrazine groups is 1. The van der Waals surface area contributed by atoms with Crippen molar-refractivity contribution >= 4 is 27.7 Å². The highest BCUT2D eigenvalue weighted by Crippen LogP contribution is 2.22. The number of methoxy groups -OCH3 is 1. The Kier molecular flexibility index (Phi) is 7.96. The molecule has 1 aromatic carbocycles. The van der Waals surface area contributed by atoms with Gasteiger partial charge in [0.1, 0.15) is 11.8 Å². The van der Waals surface area contributed by atoms with E-state index in [0.717, 1.165) is 12.8 Å². The molecule has 0 spiro atoms. The second-order valence-corrected chi connectivity index (χ2v) is 10.1. The lowest BCUT2D eigenvalue weighted by Crippen LogP contribution is -2.50. The van der Waals surface area contributed by atoms with Crippen LogP contribution in [0.2, 0.25) is 0 Å². The Labute approximate surface area is 181 Å². The highest BCUT2D eigenvalue weighted by Gasteiger charge is 2.29. The molecule has 1 saturated heterocycles. The van der Waals surface area contributed by atoms with Crippen molar-refractivity contribution in [3.8, 4) is 11.8 Å². The molecule has 3 N–H and O–H groups in total. The molecule has 3 rings (SSSR count). The number of benzene rings is 1. The van der Waals surface area contributed by atoms with Crippen molar-refractivity contribution in [1.29, 1.82) is 5.26 Å². The normalized spacial score (nSPS) is 24.4. The summed E-state index contributed by atoms with van der Waals surface area (Å²) in [5.41, 5.74) is 6.12. The standard InChI is InChI=1S/C19H27N5O4S2/c1-28-17-6-8-18(9-7-17)30(26,27)23-15-4-2-14(3-5-15)22-21-11-19(25)24-13-29-12-16(24)10-20/h6-9,14-16,21-23H,2-5,11-13H2,1H3. The molecule has 1 amide bonds. The molecule has 0 aromatic heterocycles. The Balaban J connectivity index is 1.39. The van der Waals surface area contributed by atoms with Gasteiger partial charge in [-0.25, -0.2) is 18.6 Å². The molecule has 11 heteroatoms. The van der Waals surface area contributed by atoms with Crippen LogP contribution in [0.25, 0.3) is 0 Å². The molecule has 0 bridgehead atoms. The molecule has 0 radical (unpaired) electrons. The van der Waals surface area contributed by atoms with Gasteiger partial charge in [0.2, 0.25) is 15.9 Å². The number of nitriles is 1. The van der Waals surface area contributed by atoms with Crippen LogP contribution in [0.15, 0.2) is 29.2 Å². The van der Waals surface area contributed by atoms with Crippen LogP contribution in [0.5, 0.6) is 5.75 Å². The zero-order chi connectivity index (χ0) is 21.6. The van der Waals surface area contributed by atoms with E-state index in [1.54, 1.807) is 28.8 Å². The van der Waals surface area contributed by atoms with Crippen LogP contribution in [-0.4, -0.2) is 62.6 Å². The number of rotatable bonds is 8. The molecule has 2 aliphatic rings. The van der Waals surface area contributed by atoms with Crippen LogP contribution < -0.4 is 20.3 Å². The van der Waals surface area contributed by atoms with Gasteiger partial charge in [-0.15, -0.1) is 11.8 Å². The zero-order valence-corrected chi connectivity index (χ0v) is 18.5. The third kappa shape index (κ3) is 5.86. The van der Waals surface area contributed by atoms with Gasteiger partial charge < -0.3 is 9.64 Å². The largest absolute Gasteiger partial charge is 0.497 e. The first-order valence-electron chi connectivity index (χ1n) is 9.84. The lowest BCUT2D eigenvalue weighted by Gasteiger charge is -2.30. The summed E-state index contributed by atoms with van der Waals surface area (Å²) in [6.07, 6.45) is 3.00. The van der Waals surface area contributed by atoms with Crippen molar-refractivity contribution in [2.24, 2.45) is 0 Å². The van der Waals surface area contributed by atoms with Gasteiger partial charge in [0.05, 0.1) is 30.5 Å². The molecule has 2 fully saturated rings. The quantitative estimate of drug-likeness (QED) is 0.494. The predicted octanol–water partition coefficient (Wildman–Crippen LogP) is 0.804. The monoisotopic (exact) mass is 453 g/mol. The van der Waals surface area contributed by atoms with Gasteiger partial charge in [-0.05, 0) is 49.9 Å². The summed E-state index contributed by atoms with van der Waals surface area (Å²) in [4.78, 5) is 14.0. The fraction of sp³-hybridized carbons (Fsp3) is 0.579. The summed E-state index contributed by atoms with van der Waals surface area (Å²) in [6.45, 7) is 0.128. The first kappa shape index (κ1) is 22.8. The molecular formula is C19H27N5O4S2. The molecule has 1 atom stereocenters. The molecular weight excluding hydrogens is 426 g/mol. The molecule has 1 unspecified atom stereocenters. The number of hydrogen-bond donors (Lipinski definition) is 3. The van der Waals surface area contributed by atoms with Crippen molar-refractivity contribution in [2.75, 3.05) is 25.3 Å². The molecule has 9 nitrogen and oxygen atoms in total. The van der Waals surface area contributed by atoms with E-state index in [1.807, 2.05) is 0 Å². The predicted molar refractivity (Wildman–Crippen MR) is 114 cm³/mol. The highest BCUT2D eigenvalue weighted by atomic mass is 32.2. The second-order valence-electron chi connectivity index (χ2n) is 7.35. The number of ether oxygens (including phenoxy) is 1. The van der Waals surface area contributed by atoms with Gasteiger partial charge in [0.15, 0.2) is 0 Å². The first-order valence-corrected chi connectivity index (χ1v) is 12.5. The van der Waals surface area contributed by atoms with E-state index in [1.165, 1.54) is 19.2 Å².